The average Bonchev–Trinajstić information content (AvgIpc) is 1.89. The molecule has 2 radical (unpaired) electrons. The van der Waals surface area contributed by atoms with Crippen molar-refractivity contribution in [3.63, 3.8) is 0 Å². The summed E-state index contributed by atoms with van der Waals surface area (Å²) in [6, 6.07) is 0. The fraction of sp³-hybridized carbons (Fsp3) is 1.00. The number of rotatable bonds is 6. The second kappa shape index (κ2) is 17.5. The van der Waals surface area contributed by atoms with Crippen molar-refractivity contribution in [2.24, 2.45) is 0 Å². The molecule has 3 heteroatoms. The molecule has 0 atom stereocenters. The van der Waals surface area contributed by atoms with E-state index in [-0.39, 0.29) is 24.8 Å². The van der Waals surface area contributed by atoms with Crippen LogP contribution in [0.1, 0.15) is 45.4 Å². The van der Waals surface area contributed by atoms with Crippen molar-refractivity contribution in [3.8, 4) is 0 Å². The minimum absolute atomic E-state index is 0. The van der Waals surface area contributed by atoms with Crippen LogP contribution in [-0.2, 0) is 0 Å². The van der Waals surface area contributed by atoms with Crippen LogP contribution in [0, 0.1) is 0 Å². The maximum Gasteiger partial charge on any atom is -0.147 e. The van der Waals surface area contributed by atoms with Crippen LogP contribution in [0.4, 0.5) is 0 Å². The van der Waals surface area contributed by atoms with Gasteiger partial charge in [-0.25, -0.2) is 0 Å². The fourth-order valence-electron chi connectivity index (χ4n) is 0.925. The first-order valence-corrected chi connectivity index (χ1v) is 6.45. The first kappa shape index (κ1) is 18.3. The van der Waals surface area contributed by atoms with Gasteiger partial charge in [0.05, 0.1) is 0 Å². The second-order valence-electron chi connectivity index (χ2n) is 2.56. The Bertz CT molecular complexity index is 45.4. The molecule has 11 heavy (non-hydrogen) atoms. The van der Waals surface area contributed by atoms with Gasteiger partial charge in [-0.2, -0.15) is 0 Å². The molecule has 0 aliphatic rings. The average molecular weight is 301 g/mol. The number of unbranched alkanes of at least 4 members (excludes halogenated alkanes) is 5. The fourth-order valence-corrected chi connectivity index (χ4v) is 1.75. The molecule has 0 aromatic rings. The van der Waals surface area contributed by atoms with Crippen molar-refractivity contribution in [1.82, 2.24) is 0 Å². The van der Waals surface area contributed by atoms with E-state index in [0.29, 0.717) is 0 Å². The van der Waals surface area contributed by atoms with Gasteiger partial charge in [-0.3, -0.25) is 0 Å². The molecular weight excluding hydrogens is 282 g/mol. The van der Waals surface area contributed by atoms with Crippen LogP contribution in [0.2, 0.25) is 4.18 Å². The Labute approximate surface area is 98.3 Å². The summed E-state index contributed by atoms with van der Waals surface area (Å²) in [6.07, 6.45) is 8.75. The third kappa shape index (κ3) is 18.4. The van der Waals surface area contributed by atoms with Gasteiger partial charge in [0.25, 0.3) is 0 Å². The quantitative estimate of drug-likeness (QED) is 0.655. The van der Waals surface area contributed by atoms with Crippen molar-refractivity contribution in [2.75, 3.05) is 0 Å². The molecule has 0 saturated heterocycles. The predicted molar refractivity (Wildman–Crippen MR) is 58.4 cm³/mol. The SMILES string of the molecule is CCCCCCC[CH2][In].Cl.Cl. The molecule has 0 aromatic heterocycles. The van der Waals surface area contributed by atoms with Crippen LogP contribution in [0.25, 0.3) is 0 Å². The van der Waals surface area contributed by atoms with E-state index in [4.69, 9.17) is 0 Å². The zero-order valence-electron chi connectivity index (χ0n) is 7.34. The summed E-state index contributed by atoms with van der Waals surface area (Å²) in [5, 5.41) is 0. The van der Waals surface area contributed by atoms with Gasteiger partial charge >= 0.3 is 74.0 Å². The van der Waals surface area contributed by atoms with Crippen molar-refractivity contribution >= 4 is 49.2 Å². The Morgan fingerprint density at radius 3 is 1.73 bits per heavy atom. The van der Waals surface area contributed by atoms with Gasteiger partial charge in [0.15, 0.2) is 0 Å². The van der Waals surface area contributed by atoms with E-state index >= 15 is 0 Å². The molecule has 0 aromatic carbocycles. The van der Waals surface area contributed by atoms with E-state index in [1.807, 2.05) is 0 Å². The summed E-state index contributed by atoms with van der Waals surface area (Å²) >= 11 is 1.46. The largest absolute Gasteiger partial charge is 0.147 e. The molecule has 0 fully saturated rings. The number of hydrogen-bond donors (Lipinski definition) is 0. The minimum atomic E-state index is 0. The Kier molecular flexibility index (Phi) is 29.1. The summed E-state index contributed by atoms with van der Waals surface area (Å²) in [4.78, 5) is 0. The van der Waals surface area contributed by atoms with Crippen molar-refractivity contribution < 1.29 is 0 Å². The van der Waals surface area contributed by atoms with E-state index in [1.54, 1.807) is 0 Å². The topological polar surface area (TPSA) is 0 Å². The summed E-state index contributed by atoms with van der Waals surface area (Å²) in [7, 11) is 0. The van der Waals surface area contributed by atoms with Gasteiger partial charge in [-0.15, -0.1) is 24.8 Å². The summed E-state index contributed by atoms with van der Waals surface area (Å²) in [6.45, 7) is 2.27. The van der Waals surface area contributed by atoms with Crippen LogP contribution in [-0.4, -0.2) is 24.4 Å². The Morgan fingerprint density at radius 2 is 1.27 bits per heavy atom. The zero-order valence-corrected chi connectivity index (χ0v) is 12.3. The van der Waals surface area contributed by atoms with Crippen LogP contribution in [0.3, 0.4) is 0 Å². The maximum absolute atomic E-state index is 2.27. The summed E-state index contributed by atoms with van der Waals surface area (Å²) < 4.78 is 1.50. The second-order valence-corrected chi connectivity index (χ2v) is 4.20. The van der Waals surface area contributed by atoms with Gasteiger partial charge in [-0.05, 0) is 0 Å². The van der Waals surface area contributed by atoms with E-state index < -0.39 is 0 Å². The standard InChI is InChI=1S/C8H17.2ClH.In/c1-3-5-7-8-6-4-2;;;/h1,3-8H2,2H3;2*1H;. The molecule has 0 amide bonds. The minimum Gasteiger partial charge on any atom is -0.147 e. The van der Waals surface area contributed by atoms with Gasteiger partial charge in [0, 0.05) is 0 Å². The van der Waals surface area contributed by atoms with Gasteiger partial charge in [-0.1, -0.05) is 0 Å². The molecule has 0 N–H and O–H groups in total. The van der Waals surface area contributed by atoms with Gasteiger partial charge in [0.1, 0.15) is 0 Å². The summed E-state index contributed by atoms with van der Waals surface area (Å²) in [5.41, 5.74) is 0. The molecule has 0 unspecified atom stereocenters. The molecule has 0 aliphatic carbocycles. The molecule has 0 spiro atoms. The Balaban J connectivity index is -0.000000320. The Hall–Kier alpha value is 1.45. The van der Waals surface area contributed by atoms with Crippen molar-refractivity contribution in [1.29, 1.82) is 0 Å². The third-order valence-electron chi connectivity index (χ3n) is 1.56. The molecule has 0 nitrogen and oxygen atoms in total. The van der Waals surface area contributed by atoms with Crippen LogP contribution in [0.15, 0.2) is 0 Å². The molecular formula is C8H19Cl2In. The predicted octanol–water partition coefficient (Wildman–Crippen LogP) is 3.78. The van der Waals surface area contributed by atoms with Crippen LogP contribution < -0.4 is 0 Å². The molecule has 0 bridgehead atoms. The first-order valence-electron chi connectivity index (χ1n) is 4.12. The molecule has 0 heterocycles. The van der Waals surface area contributed by atoms with Crippen molar-refractivity contribution in [3.05, 3.63) is 0 Å². The normalized spacial score (nSPS) is 8.09. The van der Waals surface area contributed by atoms with Gasteiger partial charge < -0.3 is 0 Å². The summed E-state index contributed by atoms with van der Waals surface area (Å²) in [5.74, 6) is 0. The smallest absolute Gasteiger partial charge is 0.147 e. The van der Waals surface area contributed by atoms with E-state index in [2.05, 4.69) is 6.92 Å². The van der Waals surface area contributed by atoms with E-state index in [1.165, 1.54) is 67.1 Å². The molecule has 0 aliphatic heterocycles. The monoisotopic (exact) mass is 300 g/mol. The van der Waals surface area contributed by atoms with Crippen molar-refractivity contribution in [2.45, 2.75) is 49.6 Å². The molecule has 0 saturated carbocycles. The zero-order chi connectivity index (χ0) is 6.95. The first-order chi connectivity index (χ1) is 4.41. The van der Waals surface area contributed by atoms with Gasteiger partial charge in [0.2, 0.25) is 0 Å². The van der Waals surface area contributed by atoms with E-state index in [0.717, 1.165) is 0 Å². The Morgan fingerprint density at radius 1 is 0.818 bits per heavy atom. The van der Waals surface area contributed by atoms with Crippen LogP contribution >= 0.6 is 24.8 Å². The molecule has 68 valence electrons. The maximum atomic E-state index is 2.27. The number of halogens is 2. The third-order valence-corrected chi connectivity index (χ3v) is 2.72. The number of hydrogen-bond acceptors (Lipinski definition) is 0. The van der Waals surface area contributed by atoms with E-state index in [9.17, 15) is 0 Å². The molecule has 0 rings (SSSR count). The van der Waals surface area contributed by atoms with Crippen LogP contribution in [0.5, 0.6) is 0 Å².